The topological polar surface area (TPSA) is 69.7 Å². The van der Waals surface area contributed by atoms with Crippen LogP contribution in [0.25, 0.3) is 5.57 Å². The lowest BCUT2D eigenvalue weighted by atomic mass is 10.0. The highest BCUT2D eigenvalue weighted by molar-refractivity contribution is 6.46. The second-order valence-corrected chi connectivity index (χ2v) is 7.74. The third-order valence-corrected chi connectivity index (χ3v) is 5.37. The first-order chi connectivity index (χ1) is 15.4. The average molecular weight is 446 g/mol. The number of imide groups is 1. The Balaban J connectivity index is 1.82. The van der Waals surface area contributed by atoms with E-state index in [1.807, 2.05) is 30.3 Å². The van der Waals surface area contributed by atoms with Gasteiger partial charge in [0, 0.05) is 30.4 Å². The van der Waals surface area contributed by atoms with Gasteiger partial charge in [0.15, 0.2) is 0 Å². The number of benzene rings is 3. The fraction of sp³-hybridized carbons (Fsp3) is 0.0800. The average Bonchev–Trinajstić information content (AvgIpc) is 3.05. The molecule has 0 saturated carbocycles. The highest BCUT2D eigenvalue weighted by atomic mass is 35.5. The highest BCUT2D eigenvalue weighted by Crippen LogP contribution is 2.36. The fourth-order valence-electron chi connectivity index (χ4n) is 3.62. The van der Waals surface area contributed by atoms with E-state index < -0.39 is 11.8 Å². The maximum absolute atomic E-state index is 13.5. The third-order valence-electron chi connectivity index (χ3n) is 5.12. The zero-order valence-electron chi connectivity index (χ0n) is 17.5. The molecule has 1 heterocycles. The second-order valence-electron chi connectivity index (χ2n) is 7.30. The summed E-state index contributed by atoms with van der Waals surface area (Å²) < 4.78 is 0. The molecule has 3 aromatic carbocycles. The van der Waals surface area contributed by atoms with E-state index in [9.17, 15) is 14.4 Å². The summed E-state index contributed by atoms with van der Waals surface area (Å²) in [6, 6.07) is 22.7. The van der Waals surface area contributed by atoms with E-state index in [0.29, 0.717) is 22.0 Å². The SMILES string of the molecule is CC(=O)Nc1ccc(C2=C(N(C)c3ccccc3)C(=O)N(c3ccc(Cl)cc3)C2=O)cc1. The van der Waals surface area contributed by atoms with E-state index in [-0.39, 0.29) is 17.2 Å². The molecule has 0 aromatic heterocycles. The van der Waals surface area contributed by atoms with Gasteiger partial charge in [-0.15, -0.1) is 0 Å². The van der Waals surface area contributed by atoms with Crippen molar-refractivity contribution in [3.63, 3.8) is 0 Å². The number of nitrogens with zero attached hydrogens (tertiary/aromatic N) is 2. The summed E-state index contributed by atoms with van der Waals surface area (Å²) >= 11 is 5.99. The summed E-state index contributed by atoms with van der Waals surface area (Å²) in [5.74, 6) is -1.05. The van der Waals surface area contributed by atoms with E-state index in [1.165, 1.54) is 6.92 Å². The van der Waals surface area contributed by atoms with Gasteiger partial charge in [0.1, 0.15) is 5.70 Å². The minimum absolute atomic E-state index is 0.192. The van der Waals surface area contributed by atoms with E-state index in [0.717, 1.165) is 10.6 Å². The number of halogens is 1. The summed E-state index contributed by atoms with van der Waals surface area (Å²) in [5, 5.41) is 3.21. The smallest absolute Gasteiger partial charge is 0.282 e. The molecular formula is C25H20ClN3O3. The first-order valence-electron chi connectivity index (χ1n) is 9.92. The molecule has 0 unspecified atom stereocenters. The van der Waals surface area contributed by atoms with Gasteiger partial charge in [0.25, 0.3) is 11.8 Å². The molecule has 32 heavy (non-hydrogen) atoms. The number of anilines is 3. The molecule has 1 N–H and O–H groups in total. The van der Waals surface area contributed by atoms with Gasteiger partial charge in [-0.1, -0.05) is 41.9 Å². The van der Waals surface area contributed by atoms with Crippen molar-refractivity contribution in [3.8, 4) is 0 Å². The molecule has 1 aliphatic rings. The number of amides is 3. The number of rotatable bonds is 5. The van der Waals surface area contributed by atoms with Crippen LogP contribution in [0.4, 0.5) is 17.1 Å². The van der Waals surface area contributed by atoms with Gasteiger partial charge in [0.05, 0.1) is 11.3 Å². The van der Waals surface area contributed by atoms with Gasteiger partial charge in [-0.3, -0.25) is 14.4 Å². The molecule has 0 fully saturated rings. The number of para-hydroxylation sites is 1. The van der Waals surface area contributed by atoms with E-state index in [2.05, 4.69) is 5.32 Å². The van der Waals surface area contributed by atoms with Crippen LogP contribution in [-0.4, -0.2) is 24.8 Å². The summed E-state index contributed by atoms with van der Waals surface area (Å²) in [6.07, 6.45) is 0. The number of likely N-dealkylation sites (N-methyl/N-ethyl adjacent to an activating group) is 1. The monoisotopic (exact) mass is 445 g/mol. The van der Waals surface area contributed by atoms with Crippen LogP contribution in [0.2, 0.25) is 5.02 Å². The molecule has 3 amide bonds. The number of carbonyl (C=O) groups is 3. The minimum atomic E-state index is -0.428. The van der Waals surface area contributed by atoms with Gasteiger partial charge in [0.2, 0.25) is 5.91 Å². The fourth-order valence-corrected chi connectivity index (χ4v) is 3.74. The molecular weight excluding hydrogens is 426 g/mol. The maximum Gasteiger partial charge on any atom is 0.282 e. The maximum atomic E-state index is 13.5. The number of hydrogen-bond donors (Lipinski definition) is 1. The number of nitrogens with one attached hydrogen (secondary N) is 1. The Bertz CT molecular complexity index is 1220. The normalized spacial score (nSPS) is 13.5. The Labute approximate surface area is 190 Å². The van der Waals surface area contributed by atoms with Crippen molar-refractivity contribution < 1.29 is 14.4 Å². The van der Waals surface area contributed by atoms with Crippen LogP contribution in [0, 0.1) is 0 Å². The Kier molecular flexibility index (Phi) is 5.79. The zero-order valence-corrected chi connectivity index (χ0v) is 18.3. The van der Waals surface area contributed by atoms with E-state index in [1.54, 1.807) is 60.5 Å². The molecule has 0 aliphatic carbocycles. The summed E-state index contributed by atoms with van der Waals surface area (Å²) in [7, 11) is 1.76. The van der Waals surface area contributed by atoms with Crippen molar-refractivity contribution in [3.05, 3.63) is 95.1 Å². The molecule has 0 saturated heterocycles. The molecule has 1 aliphatic heterocycles. The van der Waals surface area contributed by atoms with Crippen LogP contribution >= 0.6 is 11.6 Å². The molecule has 0 radical (unpaired) electrons. The Morgan fingerprint density at radius 2 is 1.50 bits per heavy atom. The predicted molar refractivity (Wildman–Crippen MR) is 126 cm³/mol. The molecule has 3 aromatic rings. The minimum Gasteiger partial charge on any atom is -0.339 e. The molecule has 0 bridgehead atoms. The van der Waals surface area contributed by atoms with E-state index in [4.69, 9.17) is 11.6 Å². The van der Waals surface area contributed by atoms with Gasteiger partial charge < -0.3 is 10.2 Å². The van der Waals surface area contributed by atoms with E-state index >= 15 is 0 Å². The number of carbonyl (C=O) groups excluding carboxylic acids is 3. The van der Waals surface area contributed by atoms with Crippen molar-refractivity contribution in [1.29, 1.82) is 0 Å². The Morgan fingerprint density at radius 3 is 2.09 bits per heavy atom. The summed E-state index contributed by atoms with van der Waals surface area (Å²) in [6.45, 7) is 1.42. The van der Waals surface area contributed by atoms with Gasteiger partial charge in [-0.2, -0.15) is 0 Å². The van der Waals surface area contributed by atoms with Crippen LogP contribution in [0.1, 0.15) is 12.5 Å². The molecule has 0 atom stereocenters. The summed E-state index contributed by atoms with van der Waals surface area (Å²) in [5.41, 5.74) is 2.94. The van der Waals surface area contributed by atoms with Crippen molar-refractivity contribution in [1.82, 2.24) is 0 Å². The van der Waals surface area contributed by atoms with Crippen LogP contribution in [0.15, 0.2) is 84.6 Å². The van der Waals surface area contributed by atoms with Crippen LogP contribution in [0.5, 0.6) is 0 Å². The molecule has 4 rings (SSSR count). The third kappa shape index (κ3) is 4.00. The first kappa shape index (κ1) is 21.3. The lowest BCUT2D eigenvalue weighted by Crippen LogP contribution is -2.34. The molecule has 160 valence electrons. The van der Waals surface area contributed by atoms with Gasteiger partial charge in [-0.05, 0) is 54.1 Å². The first-order valence-corrected chi connectivity index (χ1v) is 10.3. The second kappa shape index (κ2) is 8.69. The molecule has 6 nitrogen and oxygen atoms in total. The lowest BCUT2D eigenvalue weighted by molar-refractivity contribution is -0.120. The number of hydrogen-bond acceptors (Lipinski definition) is 4. The summed E-state index contributed by atoms with van der Waals surface area (Å²) in [4.78, 5) is 41.3. The van der Waals surface area contributed by atoms with Crippen molar-refractivity contribution in [2.45, 2.75) is 6.92 Å². The van der Waals surface area contributed by atoms with Gasteiger partial charge in [-0.25, -0.2) is 4.90 Å². The lowest BCUT2D eigenvalue weighted by Gasteiger charge is -2.21. The van der Waals surface area contributed by atoms with Crippen LogP contribution < -0.4 is 15.1 Å². The van der Waals surface area contributed by atoms with Crippen LogP contribution in [0.3, 0.4) is 0 Å². The van der Waals surface area contributed by atoms with Crippen molar-refractivity contribution in [2.75, 3.05) is 22.2 Å². The van der Waals surface area contributed by atoms with Crippen LogP contribution in [-0.2, 0) is 14.4 Å². The quantitative estimate of drug-likeness (QED) is 0.577. The Hall–Kier alpha value is -3.90. The standard InChI is InChI=1S/C25H20ClN3O3/c1-16(30)27-19-12-8-17(9-13-19)22-23(28(2)20-6-4-3-5-7-20)25(32)29(24(22)31)21-14-10-18(26)11-15-21/h3-15H,1-2H3,(H,27,30). The molecule has 7 heteroatoms. The van der Waals surface area contributed by atoms with Crippen molar-refractivity contribution >= 4 is 52.0 Å². The highest BCUT2D eigenvalue weighted by Gasteiger charge is 2.42. The van der Waals surface area contributed by atoms with Crippen molar-refractivity contribution in [2.24, 2.45) is 0 Å². The Morgan fingerprint density at radius 1 is 0.875 bits per heavy atom. The largest absolute Gasteiger partial charge is 0.339 e. The van der Waals surface area contributed by atoms with Gasteiger partial charge >= 0.3 is 0 Å². The molecule has 0 spiro atoms. The predicted octanol–water partition coefficient (Wildman–Crippen LogP) is 4.72. The zero-order chi connectivity index (χ0) is 22.8.